The third-order valence-corrected chi connectivity index (χ3v) is 2.56. The normalized spacial score (nSPS) is 25.9. The SMILES string of the molecule is CC1CN(C)CCN1C(=O)CS. The van der Waals surface area contributed by atoms with Gasteiger partial charge in [0.15, 0.2) is 0 Å². The lowest BCUT2D eigenvalue weighted by Crippen LogP contribution is -2.53. The monoisotopic (exact) mass is 188 g/mol. The zero-order valence-electron chi connectivity index (χ0n) is 7.66. The maximum absolute atomic E-state index is 11.3. The first-order valence-electron chi connectivity index (χ1n) is 4.24. The summed E-state index contributed by atoms with van der Waals surface area (Å²) in [6.45, 7) is 4.87. The smallest absolute Gasteiger partial charge is 0.232 e. The predicted molar refractivity (Wildman–Crippen MR) is 52.5 cm³/mol. The van der Waals surface area contributed by atoms with Crippen LogP contribution in [0.2, 0.25) is 0 Å². The molecule has 1 atom stereocenters. The topological polar surface area (TPSA) is 23.6 Å². The summed E-state index contributed by atoms with van der Waals surface area (Å²) in [5.74, 6) is 0.479. The molecule has 1 aliphatic heterocycles. The minimum atomic E-state index is 0.152. The minimum Gasteiger partial charge on any atom is -0.337 e. The Morgan fingerprint density at radius 1 is 1.58 bits per heavy atom. The molecule has 0 aromatic carbocycles. The van der Waals surface area contributed by atoms with Crippen molar-refractivity contribution in [3.05, 3.63) is 0 Å². The molecule has 0 radical (unpaired) electrons. The minimum absolute atomic E-state index is 0.152. The third kappa shape index (κ3) is 2.14. The van der Waals surface area contributed by atoms with Gasteiger partial charge in [-0.1, -0.05) is 0 Å². The van der Waals surface area contributed by atoms with E-state index in [0.29, 0.717) is 11.8 Å². The van der Waals surface area contributed by atoms with E-state index < -0.39 is 0 Å². The number of hydrogen-bond donors (Lipinski definition) is 1. The average molecular weight is 188 g/mol. The van der Waals surface area contributed by atoms with Gasteiger partial charge < -0.3 is 9.80 Å². The summed E-state index contributed by atoms with van der Waals surface area (Å²) in [5, 5.41) is 0. The first-order valence-corrected chi connectivity index (χ1v) is 4.87. The van der Waals surface area contributed by atoms with Crippen LogP contribution in [0.3, 0.4) is 0 Å². The summed E-state index contributed by atoms with van der Waals surface area (Å²) in [6.07, 6.45) is 0. The second-order valence-electron chi connectivity index (χ2n) is 3.36. The zero-order chi connectivity index (χ0) is 9.14. The van der Waals surface area contributed by atoms with E-state index in [1.54, 1.807) is 0 Å². The lowest BCUT2D eigenvalue weighted by Gasteiger charge is -2.38. The molecule has 1 fully saturated rings. The van der Waals surface area contributed by atoms with Crippen LogP contribution in [0, 0.1) is 0 Å². The molecule has 1 aliphatic rings. The highest BCUT2D eigenvalue weighted by molar-refractivity contribution is 7.81. The van der Waals surface area contributed by atoms with Crippen LogP contribution in [0.25, 0.3) is 0 Å². The molecular formula is C8H16N2OS. The second-order valence-corrected chi connectivity index (χ2v) is 3.67. The second kappa shape index (κ2) is 4.14. The van der Waals surface area contributed by atoms with Gasteiger partial charge in [-0.15, -0.1) is 0 Å². The van der Waals surface area contributed by atoms with Crippen molar-refractivity contribution in [1.82, 2.24) is 9.80 Å². The molecule has 0 aromatic heterocycles. The lowest BCUT2D eigenvalue weighted by atomic mass is 10.2. The molecule has 1 heterocycles. The molecule has 1 unspecified atom stereocenters. The Morgan fingerprint density at radius 2 is 2.25 bits per heavy atom. The van der Waals surface area contributed by atoms with E-state index in [-0.39, 0.29) is 5.91 Å². The molecule has 0 N–H and O–H groups in total. The van der Waals surface area contributed by atoms with E-state index in [2.05, 4.69) is 31.5 Å². The van der Waals surface area contributed by atoms with Crippen LogP contribution < -0.4 is 0 Å². The molecular weight excluding hydrogens is 172 g/mol. The van der Waals surface area contributed by atoms with Crippen molar-refractivity contribution in [1.29, 1.82) is 0 Å². The number of carbonyl (C=O) groups is 1. The fourth-order valence-electron chi connectivity index (χ4n) is 1.60. The van der Waals surface area contributed by atoms with E-state index >= 15 is 0 Å². The molecule has 1 rings (SSSR count). The van der Waals surface area contributed by atoms with Crippen molar-refractivity contribution in [2.24, 2.45) is 0 Å². The number of hydrogen-bond acceptors (Lipinski definition) is 3. The number of carbonyl (C=O) groups excluding carboxylic acids is 1. The largest absolute Gasteiger partial charge is 0.337 e. The summed E-state index contributed by atoms with van der Waals surface area (Å²) in [6, 6.07) is 0.336. The highest BCUT2D eigenvalue weighted by atomic mass is 32.1. The van der Waals surface area contributed by atoms with Gasteiger partial charge in [-0.05, 0) is 14.0 Å². The van der Waals surface area contributed by atoms with Crippen LogP contribution >= 0.6 is 12.6 Å². The summed E-state index contributed by atoms with van der Waals surface area (Å²) in [7, 11) is 2.08. The number of amides is 1. The van der Waals surface area contributed by atoms with Crippen molar-refractivity contribution in [2.75, 3.05) is 32.4 Å². The average Bonchev–Trinajstić information content (AvgIpc) is 2.03. The highest BCUT2D eigenvalue weighted by Gasteiger charge is 2.24. The molecule has 0 spiro atoms. The molecule has 0 aromatic rings. The molecule has 4 heteroatoms. The first-order chi connectivity index (χ1) is 5.65. The number of rotatable bonds is 1. The van der Waals surface area contributed by atoms with Gasteiger partial charge in [0.25, 0.3) is 0 Å². The van der Waals surface area contributed by atoms with Crippen molar-refractivity contribution in [3.8, 4) is 0 Å². The van der Waals surface area contributed by atoms with Gasteiger partial charge in [0.2, 0.25) is 5.91 Å². The number of nitrogens with zero attached hydrogens (tertiary/aromatic N) is 2. The quantitative estimate of drug-likeness (QED) is 0.589. The maximum Gasteiger partial charge on any atom is 0.232 e. The molecule has 0 saturated carbocycles. The van der Waals surface area contributed by atoms with Crippen LogP contribution in [-0.2, 0) is 4.79 Å². The van der Waals surface area contributed by atoms with Crippen molar-refractivity contribution < 1.29 is 4.79 Å². The van der Waals surface area contributed by atoms with Crippen molar-refractivity contribution in [3.63, 3.8) is 0 Å². The van der Waals surface area contributed by atoms with Crippen LogP contribution in [0.4, 0.5) is 0 Å². The maximum atomic E-state index is 11.3. The van der Waals surface area contributed by atoms with E-state index in [1.165, 1.54) is 0 Å². The van der Waals surface area contributed by atoms with Gasteiger partial charge in [-0.3, -0.25) is 4.79 Å². The van der Waals surface area contributed by atoms with Gasteiger partial charge in [0.1, 0.15) is 0 Å². The molecule has 1 amide bonds. The number of piperazine rings is 1. The van der Waals surface area contributed by atoms with E-state index in [4.69, 9.17) is 0 Å². The summed E-state index contributed by atoms with van der Waals surface area (Å²) in [4.78, 5) is 15.5. The number of thiol groups is 1. The molecule has 0 bridgehead atoms. The molecule has 1 saturated heterocycles. The Hall–Kier alpha value is -0.220. The number of likely N-dealkylation sites (N-methyl/N-ethyl adjacent to an activating group) is 1. The molecule has 0 aliphatic carbocycles. The summed E-state index contributed by atoms with van der Waals surface area (Å²) >= 11 is 3.98. The Kier molecular flexibility index (Phi) is 3.40. The van der Waals surface area contributed by atoms with Crippen LogP contribution in [0.15, 0.2) is 0 Å². The molecule has 3 nitrogen and oxygen atoms in total. The van der Waals surface area contributed by atoms with Gasteiger partial charge in [0.05, 0.1) is 5.75 Å². The van der Waals surface area contributed by atoms with Gasteiger partial charge in [0, 0.05) is 25.7 Å². The van der Waals surface area contributed by atoms with Crippen molar-refractivity contribution >= 4 is 18.5 Å². The highest BCUT2D eigenvalue weighted by Crippen LogP contribution is 2.08. The Labute approximate surface area is 79.1 Å². The lowest BCUT2D eigenvalue weighted by molar-refractivity contribution is -0.132. The van der Waals surface area contributed by atoms with Gasteiger partial charge in [-0.25, -0.2) is 0 Å². The summed E-state index contributed by atoms with van der Waals surface area (Å²) < 4.78 is 0. The van der Waals surface area contributed by atoms with E-state index in [1.807, 2.05) is 4.90 Å². The molecule has 12 heavy (non-hydrogen) atoms. The Morgan fingerprint density at radius 3 is 2.75 bits per heavy atom. The standard InChI is InChI=1S/C8H16N2OS/c1-7-5-9(2)3-4-10(7)8(11)6-12/h7,12H,3-6H2,1-2H3. The van der Waals surface area contributed by atoms with Crippen molar-refractivity contribution in [2.45, 2.75) is 13.0 Å². The van der Waals surface area contributed by atoms with Crippen LogP contribution in [0.1, 0.15) is 6.92 Å². The molecule has 70 valence electrons. The third-order valence-electron chi connectivity index (χ3n) is 2.29. The fraction of sp³-hybridized carbons (Fsp3) is 0.875. The zero-order valence-corrected chi connectivity index (χ0v) is 8.55. The van der Waals surface area contributed by atoms with E-state index in [9.17, 15) is 4.79 Å². The van der Waals surface area contributed by atoms with Crippen LogP contribution in [-0.4, -0.2) is 54.2 Å². The van der Waals surface area contributed by atoms with Gasteiger partial charge >= 0.3 is 0 Å². The van der Waals surface area contributed by atoms with E-state index in [0.717, 1.165) is 19.6 Å². The van der Waals surface area contributed by atoms with Gasteiger partial charge in [-0.2, -0.15) is 12.6 Å². The summed E-state index contributed by atoms with van der Waals surface area (Å²) in [5.41, 5.74) is 0. The Bertz CT molecular complexity index is 174. The van der Waals surface area contributed by atoms with Crippen LogP contribution in [0.5, 0.6) is 0 Å². The Balaban J connectivity index is 2.50. The predicted octanol–water partition coefficient (Wildman–Crippen LogP) is 0.0787. The fourth-order valence-corrected chi connectivity index (χ4v) is 1.78. The first kappa shape index (κ1) is 9.86.